The van der Waals surface area contributed by atoms with Gasteiger partial charge in [0.05, 0.1) is 5.56 Å². The first-order chi connectivity index (χ1) is 16.1. The fourth-order valence-corrected chi connectivity index (χ4v) is 4.19. The van der Waals surface area contributed by atoms with Crippen molar-refractivity contribution >= 4 is 34.3 Å². The molecule has 3 aromatic carbocycles. The number of esters is 1. The first-order valence-corrected chi connectivity index (χ1v) is 10.9. The number of aromatic nitrogens is 1. The van der Waals surface area contributed by atoms with Crippen LogP contribution in [0.2, 0.25) is 0 Å². The molecule has 0 aliphatic carbocycles. The molecule has 1 amide bonds. The van der Waals surface area contributed by atoms with Gasteiger partial charge in [-0.15, -0.1) is 0 Å². The number of ether oxygens (including phenoxy) is 1. The quantitative estimate of drug-likeness (QED) is 0.336. The van der Waals surface area contributed by atoms with Gasteiger partial charge in [-0.3, -0.25) is 9.59 Å². The number of carbonyl (C=O) groups excluding carboxylic acids is 3. The lowest BCUT2D eigenvalue weighted by Gasteiger charge is -2.18. The molecule has 6 nitrogen and oxygen atoms in total. The maximum absolute atomic E-state index is 13.5. The molecule has 164 valence electrons. The van der Waals surface area contributed by atoms with E-state index in [4.69, 9.17) is 4.74 Å². The van der Waals surface area contributed by atoms with E-state index in [0.717, 1.165) is 23.0 Å². The predicted octanol–water partition coefficient (Wildman–Crippen LogP) is 5.08. The van der Waals surface area contributed by atoms with Gasteiger partial charge in [-0.1, -0.05) is 48.5 Å². The Balaban J connectivity index is 1.42. The summed E-state index contributed by atoms with van der Waals surface area (Å²) in [5.74, 6) is -0.818. The molecule has 0 spiro atoms. The van der Waals surface area contributed by atoms with Crippen molar-refractivity contribution in [3.63, 3.8) is 0 Å². The average Bonchev–Trinajstić information content (AvgIpc) is 3.49. The fourth-order valence-electron chi connectivity index (χ4n) is 4.19. The maximum Gasteiger partial charge on any atom is 0.339 e. The Morgan fingerprint density at radius 2 is 1.64 bits per heavy atom. The van der Waals surface area contributed by atoms with E-state index >= 15 is 0 Å². The van der Waals surface area contributed by atoms with Gasteiger partial charge in [0.2, 0.25) is 11.7 Å². The van der Waals surface area contributed by atoms with Crippen LogP contribution in [0.15, 0.2) is 85.1 Å². The number of para-hydroxylation sites is 1. The van der Waals surface area contributed by atoms with Crippen LogP contribution in [-0.2, 0) is 9.53 Å². The minimum absolute atomic E-state index is 0.0822. The van der Waals surface area contributed by atoms with Crippen molar-refractivity contribution in [2.75, 3.05) is 11.4 Å². The number of benzene rings is 3. The number of Topliss-reactive ketones (excluding diaryl/α,β-unsaturated/α-hetero) is 1. The first-order valence-electron chi connectivity index (χ1n) is 10.9. The average molecular weight is 438 g/mol. The molecule has 1 fully saturated rings. The number of nitrogens with zero attached hydrogens (tertiary/aromatic N) is 1. The molecule has 0 radical (unpaired) electrons. The van der Waals surface area contributed by atoms with Crippen LogP contribution in [0.25, 0.3) is 10.9 Å². The van der Waals surface area contributed by atoms with Crippen LogP contribution in [0, 0.1) is 0 Å². The number of amides is 1. The lowest BCUT2D eigenvalue weighted by molar-refractivity contribution is -0.117. The van der Waals surface area contributed by atoms with Gasteiger partial charge in [0, 0.05) is 46.9 Å². The third kappa shape index (κ3) is 4.03. The molecule has 0 bridgehead atoms. The first kappa shape index (κ1) is 20.7. The molecule has 33 heavy (non-hydrogen) atoms. The SMILES string of the molecule is O=C(OC(C(=O)c1c[nH]c2ccccc12)c1ccccc1)c1ccc(N2CCCC2=O)cc1. The summed E-state index contributed by atoms with van der Waals surface area (Å²) >= 11 is 0. The molecule has 5 rings (SSSR count). The highest BCUT2D eigenvalue weighted by molar-refractivity contribution is 6.11. The number of carbonyl (C=O) groups is 3. The summed E-state index contributed by atoms with van der Waals surface area (Å²) < 4.78 is 5.76. The zero-order valence-corrected chi connectivity index (χ0v) is 17.9. The van der Waals surface area contributed by atoms with Crippen LogP contribution in [0.4, 0.5) is 5.69 Å². The standard InChI is InChI=1S/C27H22N2O4/c30-24-11-6-16-29(24)20-14-12-19(13-15-20)27(32)33-26(18-7-2-1-3-8-18)25(31)22-17-28-23-10-5-4-9-21(22)23/h1-5,7-10,12-15,17,26,28H,6,11,16H2. The summed E-state index contributed by atoms with van der Waals surface area (Å²) in [5, 5.41) is 0.777. The van der Waals surface area contributed by atoms with Crippen LogP contribution in [0.1, 0.15) is 45.2 Å². The highest BCUT2D eigenvalue weighted by Crippen LogP contribution is 2.28. The largest absolute Gasteiger partial charge is 0.445 e. The van der Waals surface area contributed by atoms with E-state index < -0.39 is 12.1 Å². The normalized spacial score (nSPS) is 14.4. The summed E-state index contributed by atoms with van der Waals surface area (Å²) in [6.07, 6.45) is 1.94. The molecule has 4 aromatic rings. The number of hydrogen-bond acceptors (Lipinski definition) is 4. The summed E-state index contributed by atoms with van der Waals surface area (Å²) in [4.78, 5) is 43.3. The van der Waals surface area contributed by atoms with E-state index in [9.17, 15) is 14.4 Å². The Morgan fingerprint density at radius 1 is 0.909 bits per heavy atom. The zero-order valence-electron chi connectivity index (χ0n) is 17.9. The molecule has 1 unspecified atom stereocenters. The van der Waals surface area contributed by atoms with E-state index in [1.807, 2.05) is 30.3 Å². The highest BCUT2D eigenvalue weighted by atomic mass is 16.5. The number of aromatic amines is 1. The number of H-pyrrole nitrogens is 1. The minimum atomic E-state index is -1.09. The van der Waals surface area contributed by atoms with Gasteiger partial charge < -0.3 is 14.6 Å². The van der Waals surface area contributed by atoms with Crippen molar-refractivity contribution in [1.82, 2.24) is 4.98 Å². The highest BCUT2D eigenvalue weighted by Gasteiger charge is 2.29. The van der Waals surface area contributed by atoms with Gasteiger partial charge in [0.25, 0.3) is 0 Å². The fraction of sp³-hybridized carbons (Fsp3) is 0.148. The smallest absolute Gasteiger partial charge is 0.339 e. The number of fused-ring (bicyclic) bond motifs is 1. The van der Waals surface area contributed by atoms with E-state index in [2.05, 4.69) is 4.98 Å². The summed E-state index contributed by atoms with van der Waals surface area (Å²) in [6, 6.07) is 23.2. The van der Waals surface area contributed by atoms with Crippen LogP contribution < -0.4 is 4.90 Å². The molecule has 1 aliphatic heterocycles. The number of anilines is 1. The molecule has 6 heteroatoms. The Kier molecular flexibility index (Phi) is 5.48. The third-order valence-corrected chi connectivity index (χ3v) is 5.91. The Bertz CT molecular complexity index is 1330. The third-order valence-electron chi connectivity index (χ3n) is 5.91. The lowest BCUT2D eigenvalue weighted by Crippen LogP contribution is -2.23. The molecule has 1 N–H and O–H groups in total. The molecule has 2 heterocycles. The molecule has 1 aromatic heterocycles. The van der Waals surface area contributed by atoms with Crippen molar-refractivity contribution in [3.8, 4) is 0 Å². The Labute approximate surface area is 190 Å². The van der Waals surface area contributed by atoms with Gasteiger partial charge in [0.1, 0.15) is 0 Å². The second-order valence-electron chi connectivity index (χ2n) is 8.00. The van der Waals surface area contributed by atoms with Crippen molar-refractivity contribution in [1.29, 1.82) is 0 Å². The minimum Gasteiger partial charge on any atom is -0.445 e. The van der Waals surface area contributed by atoms with Crippen molar-refractivity contribution < 1.29 is 19.1 Å². The van der Waals surface area contributed by atoms with E-state index in [0.29, 0.717) is 29.7 Å². The molecule has 1 aliphatic rings. The van der Waals surface area contributed by atoms with Crippen molar-refractivity contribution in [2.24, 2.45) is 0 Å². The monoisotopic (exact) mass is 438 g/mol. The van der Waals surface area contributed by atoms with Gasteiger partial charge in [0.15, 0.2) is 6.10 Å². The second kappa shape index (κ2) is 8.74. The second-order valence-corrected chi connectivity index (χ2v) is 8.00. The van der Waals surface area contributed by atoms with Crippen molar-refractivity contribution in [3.05, 3.63) is 102 Å². The van der Waals surface area contributed by atoms with Crippen LogP contribution in [0.3, 0.4) is 0 Å². The predicted molar refractivity (Wildman–Crippen MR) is 125 cm³/mol. The van der Waals surface area contributed by atoms with Crippen LogP contribution >= 0.6 is 0 Å². The van der Waals surface area contributed by atoms with Crippen LogP contribution in [-0.4, -0.2) is 29.2 Å². The number of hydrogen-bond donors (Lipinski definition) is 1. The molecule has 1 atom stereocenters. The molecule has 0 saturated carbocycles. The topological polar surface area (TPSA) is 79.5 Å². The molecular formula is C27H22N2O4. The summed E-state index contributed by atoms with van der Waals surface area (Å²) in [7, 11) is 0. The summed E-state index contributed by atoms with van der Waals surface area (Å²) in [6.45, 7) is 0.678. The van der Waals surface area contributed by atoms with Gasteiger partial charge in [-0.25, -0.2) is 4.79 Å². The van der Waals surface area contributed by atoms with E-state index in [1.165, 1.54) is 0 Å². The maximum atomic E-state index is 13.5. The van der Waals surface area contributed by atoms with Crippen LogP contribution in [0.5, 0.6) is 0 Å². The van der Waals surface area contributed by atoms with Gasteiger partial charge in [-0.05, 0) is 36.8 Å². The van der Waals surface area contributed by atoms with E-state index in [-0.39, 0.29) is 11.7 Å². The van der Waals surface area contributed by atoms with Gasteiger partial charge in [-0.2, -0.15) is 0 Å². The number of ketones is 1. The molecule has 1 saturated heterocycles. The Morgan fingerprint density at radius 3 is 2.36 bits per heavy atom. The lowest BCUT2D eigenvalue weighted by atomic mass is 9.99. The van der Waals surface area contributed by atoms with Crippen molar-refractivity contribution in [2.45, 2.75) is 18.9 Å². The number of rotatable bonds is 6. The van der Waals surface area contributed by atoms with E-state index in [1.54, 1.807) is 59.6 Å². The zero-order chi connectivity index (χ0) is 22.8. The number of nitrogens with one attached hydrogen (secondary N) is 1. The van der Waals surface area contributed by atoms with Gasteiger partial charge >= 0.3 is 5.97 Å². The Hall–Kier alpha value is -4.19. The summed E-state index contributed by atoms with van der Waals surface area (Å²) in [5.41, 5.74) is 2.98. The molecular weight excluding hydrogens is 416 g/mol.